The summed E-state index contributed by atoms with van der Waals surface area (Å²) in [6.45, 7) is 5.08. The standard InChI is InChI=1S/C10H9FO3.C3H7N/c1-14-10(13)9(6-12)7-2-4-8(11)5-3-7;1-3(2)4/h2-6,12H,1H3;1,4H2,2H3/b9-6-;. The van der Waals surface area contributed by atoms with Crippen LogP contribution in [-0.2, 0) is 9.53 Å². The number of methoxy groups -OCH3 is 1. The Labute approximate surface area is 105 Å². The summed E-state index contributed by atoms with van der Waals surface area (Å²) in [6.07, 6.45) is 0.638. The summed E-state index contributed by atoms with van der Waals surface area (Å²) < 4.78 is 17.0. The van der Waals surface area contributed by atoms with Crippen molar-refractivity contribution in [1.29, 1.82) is 0 Å². The van der Waals surface area contributed by atoms with Gasteiger partial charge in [0.25, 0.3) is 0 Å². The van der Waals surface area contributed by atoms with Gasteiger partial charge in [0.05, 0.1) is 13.4 Å². The number of nitrogens with two attached hydrogens (primary N) is 1. The molecular formula is C13H16FNO3. The maximum atomic E-state index is 12.5. The average Bonchev–Trinajstić information content (AvgIpc) is 2.31. The van der Waals surface area contributed by atoms with Crippen molar-refractivity contribution in [2.45, 2.75) is 6.92 Å². The highest BCUT2D eigenvalue weighted by molar-refractivity contribution is 6.15. The second-order valence-corrected chi connectivity index (χ2v) is 3.39. The van der Waals surface area contributed by atoms with Gasteiger partial charge in [0.2, 0.25) is 0 Å². The molecule has 1 aromatic carbocycles. The predicted octanol–water partition coefficient (Wildman–Crippen LogP) is 2.38. The van der Waals surface area contributed by atoms with Crippen molar-refractivity contribution >= 4 is 11.5 Å². The highest BCUT2D eigenvalue weighted by atomic mass is 19.1. The number of rotatable bonds is 2. The number of aliphatic hydroxyl groups excluding tert-OH is 1. The molecule has 0 aliphatic rings. The lowest BCUT2D eigenvalue weighted by molar-refractivity contribution is -0.133. The molecule has 0 aliphatic carbocycles. The molecule has 0 heterocycles. The van der Waals surface area contributed by atoms with Crippen molar-refractivity contribution in [3.63, 3.8) is 0 Å². The van der Waals surface area contributed by atoms with Crippen LogP contribution < -0.4 is 5.73 Å². The fourth-order valence-corrected chi connectivity index (χ4v) is 0.984. The summed E-state index contributed by atoms with van der Waals surface area (Å²) in [6, 6.07) is 5.16. The van der Waals surface area contributed by atoms with Gasteiger partial charge in [-0.15, -0.1) is 0 Å². The second kappa shape index (κ2) is 7.89. The van der Waals surface area contributed by atoms with Crippen molar-refractivity contribution in [3.8, 4) is 0 Å². The van der Waals surface area contributed by atoms with E-state index in [1.165, 1.54) is 31.4 Å². The third kappa shape index (κ3) is 5.69. The number of benzene rings is 1. The van der Waals surface area contributed by atoms with Crippen LogP contribution >= 0.6 is 0 Å². The molecule has 3 N–H and O–H groups in total. The molecule has 98 valence electrons. The van der Waals surface area contributed by atoms with Crippen LogP contribution in [0.4, 0.5) is 4.39 Å². The third-order valence-corrected chi connectivity index (χ3v) is 1.69. The summed E-state index contributed by atoms with van der Waals surface area (Å²) >= 11 is 0. The van der Waals surface area contributed by atoms with Crippen molar-refractivity contribution in [2.24, 2.45) is 5.73 Å². The Morgan fingerprint density at radius 1 is 1.44 bits per heavy atom. The van der Waals surface area contributed by atoms with Gasteiger partial charge in [-0.25, -0.2) is 9.18 Å². The molecule has 0 saturated heterocycles. The lowest BCUT2D eigenvalue weighted by atomic mass is 10.1. The van der Waals surface area contributed by atoms with Crippen LogP contribution in [0.2, 0.25) is 0 Å². The van der Waals surface area contributed by atoms with Crippen molar-refractivity contribution < 1.29 is 19.0 Å². The normalized spacial score (nSPS) is 10.1. The second-order valence-electron chi connectivity index (χ2n) is 3.39. The fraction of sp³-hybridized carbons (Fsp3) is 0.154. The van der Waals surface area contributed by atoms with Crippen LogP contribution in [0.25, 0.3) is 5.57 Å². The summed E-state index contributed by atoms with van der Waals surface area (Å²) in [5.74, 6) is -1.07. The van der Waals surface area contributed by atoms with Crippen molar-refractivity contribution in [2.75, 3.05) is 7.11 Å². The zero-order valence-corrected chi connectivity index (χ0v) is 10.3. The number of allylic oxidation sites excluding steroid dienone is 1. The molecule has 0 saturated carbocycles. The highest BCUT2D eigenvalue weighted by Crippen LogP contribution is 2.15. The van der Waals surface area contributed by atoms with Gasteiger partial charge in [-0.2, -0.15) is 0 Å². The predicted molar refractivity (Wildman–Crippen MR) is 68.0 cm³/mol. The van der Waals surface area contributed by atoms with E-state index in [9.17, 15) is 9.18 Å². The number of ether oxygens (including phenoxy) is 1. The maximum Gasteiger partial charge on any atom is 0.341 e. The number of hydrogen-bond acceptors (Lipinski definition) is 4. The van der Waals surface area contributed by atoms with Gasteiger partial charge in [-0.1, -0.05) is 18.7 Å². The van der Waals surface area contributed by atoms with E-state index < -0.39 is 11.8 Å². The van der Waals surface area contributed by atoms with E-state index in [0.29, 0.717) is 17.5 Å². The molecular weight excluding hydrogens is 237 g/mol. The van der Waals surface area contributed by atoms with Gasteiger partial charge in [-0.3, -0.25) is 0 Å². The number of esters is 1. The topological polar surface area (TPSA) is 72.5 Å². The van der Waals surface area contributed by atoms with Crippen LogP contribution in [0.3, 0.4) is 0 Å². The molecule has 1 aromatic rings. The molecule has 0 spiro atoms. The van der Waals surface area contributed by atoms with Gasteiger partial charge in [0, 0.05) is 0 Å². The Bertz CT molecular complexity index is 434. The smallest absolute Gasteiger partial charge is 0.341 e. The first-order valence-corrected chi connectivity index (χ1v) is 5.02. The van der Waals surface area contributed by atoms with E-state index in [2.05, 4.69) is 11.3 Å². The zero-order valence-electron chi connectivity index (χ0n) is 10.3. The molecule has 0 unspecified atom stereocenters. The zero-order chi connectivity index (χ0) is 14.1. The molecule has 0 bridgehead atoms. The number of carbonyl (C=O) groups excluding carboxylic acids is 1. The van der Waals surface area contributed by atoms with E-state index in [4.69, 9.17) is 10.8 Å². The van der Waals surface area contributed by atoms with Crippen LogP contribution in [0.1, 0.15) is 12.5 Å². The molecule has 0 fully saturated rings. The minimum atomic E-state index is -0.667. The Morgan fingerprint density at radius 3 is 2.22 bits per heavy atom. The first kappa shape index (κ1) is 15.7. The van der Waals surface area contributed by atoms with Gasteiger partial charge in [0.1, 0.15) is 11.4 Å². The lowest BCUT2D eigenvalue weighted by Gasteiger charge is -2.03. The molecule has 0 amide bonds. The van der Waals surface area contributed by atoms with Gasteiger partial charge in [0.15, 0.2) is 0 Å². The lowest BCUT2D eigenvalue weighted by Crippen LogP contribution is -2.03. The first-order valence-electron chi connectivity index (χ1n) is 5.02. The largest absolute Gasteiger partial charge is 0.515 e. The molecule has 0 aromatic heterocycles. The van der Waals surface area contributed by atoms with Crippen molar-refractivity contribution in [3.05, 3.63) is 54.2 Å². The van der Waals surface area contributed by atoms with Crippen LogP contribution in [0, 0.1) is 5.82 Å². The molecule has 5 heteroatoms. The minimum absolute atomic E-state index is 0.00694. The summed E-state index contributed by atoms with van der Waals surface area (Å²) in [5.41, 5.74) is 5.98. The molecule has 0 atom stereocenters. The summed E-state index contributed by atoms with van der Waals surface area (Å²) in [4.78, 5) is 11.1. The maximum absolute atomic E-state index is 12.5. The Hall–Kier alpha value is -2.30. The Kier molecular flexibility index (Phi) is 6.88. The summed E-state index contributed by atoms with van der Waals surface area (Å²) in [5, 5.41) is 8.79. The van der Waals surface area contributed by atoms with Gasteiger partial charge in [-0.05, 0) is 30.3 Å². The first-order chi connectivity index (χ1) is 8.42. The summed E-state index contributed by atoms with van der Waals surface area (Å²) in [7, 11) is 1.20. The van der Waals surface area contributed by atoms with E-state index in [1.54, 1.807) is 6.92 Å². The SMILES string of the molecule is C=C(C)N.COC(=O)/C(=C\O)c1ccc(F)cc1. The van der Waals surface area contributed by atoms with Crippen LogP contribution in [0.15, 0.2) is 42.8 Å². The third-order valence-electron chi connectivity index (χ3n) is 1.69. The quantitative estimate of drug-likeness (QED) is 0.482. The molecule has 1 rings (SSSR count). The number of hydrogen-bond donors (Lipinski definition) is 2. The van der Waals surface area contributed by atoms with E-state index in [-0.39, 0.29) is 5.57 Å². The van der Waals surface area contributed by atoms with E-state index >= 15 is 0 Å². The molecule has 0 aliphatic heterocycles. The van der Waals surface area contributed by atoms with Crippen molar-refractivity contribution in [1.82, 2.24) is 0 Å². The van der Waals surface area contributed by atoms with E-state index in [1.807, 2.05) is 0 Å². The number of carbonyl (C=O) groups is 1. The molecule has 4 nitrogen and oxygen atoms in total. The van der Waals surface area contributed by atoms with Crippen LogP contribution in [-0.4, -0.2) is 18.2 Å². The van der Waals surface area contributed by atoms with Gasteiger partial charge < -0.3 is 15.6 Å². The number of aliphatic hydroxyl groups is 1. The Balaban J connectivity index is 0.000000631. The fourth-order valence-electron chi connectivity index (χ4n) is 0.984. The monoisotopic (exact) mass is 253 g/mol. The van der Waals surface area contributed by atoms with Crippen LogP contribution in [0.5, 0.6) is 0 Å². The average molecular weight is 253 g/mol. The number of halogens is 1. The minimum Gasteiger partial charge on any atom is -0.515 e. The van der Waals surface area contributed by atoms with Gasteiger partial charge >= 0.3 is 5.97 Å². The Morgan fingerprint density at radius 2 is 1.89 bits per heavy atom. The molecule has 18 heavy (non-hydrogen) atoms. The molecule has 0 radical (unpaired) electrons. The highest BCUT2D eigenvalue weighted by Gasteiger charge is 2.11. The van der Waals surface area contributed by atoms with E-state index in [0.717, 1.165) is 0 Å².